The summed E-state index contributed by atoms with van der Waals surface area (Å²) < 4.78 is 4.58. The Morgan fingerprint density at radius 3 is 2.50 bits per heavy atom. The average molecular weight is 205 g/mol. The molecule has 0 rings (SSSR count). The van der Waals surface area contributed by atoms with E-state index in [4.69, 9.17) is 15.9 Å². The van der Waals surface area contributed by atoms with Gasteiger partial charge in [-0.1, -0.05) is 0 Å². The molecule has 6 heteroatoms. The number of hydrogen-bond acceptors (Lipinski definition) is 5. The smallest absolute Gasteiger partial charge is 0.335 e. The molecule has 0 aliphatic rings. The van der Waals surface area contributed by atoms with Gasteiger partial charge in [0.1, 0.15) is 0 Å². The second-order valence-corrected chi connectivity index (χ2v) is 3.05. The van der Waals surface area contributed by atoms with E-state index in [2.05, 4.69) is 4.74 Å². The van der Waals surface area contributed by atoms with Gasteiger partial charge in [0.2, 0.25) is 0 Å². The van der Waals surface area contributed by atoms with Crippen LogP contribution in [0.5, 0.6) is 0 Å². The maximum Gasteiger partial charge on any atom is 0.335 e. The van der Waals surface area contributed by atoms with Crippen LogP contribution >= 0.6 is 0 Å². The molecule has 0 aromatic heterocycles. The standard InChI is InChI=1S/C8H15NO5/c1-5(9)2-3-14-8(13)6(10)4-7(11)12/h5-6,10H,2-4,9H2,1H3,(H,11,12)/t5-,6?/m0/s1. The van der Waals surface area contributed by atoms with Crippen LogP contribution in [0, 0.1) is 0 Å². The van der Waals surface area contributed by atoms with Crippen LogP contribution in [-0.2, 0) is 14.3 Å². The second kappa shape index (κ2) is 6.33. The van der Waals surface area contributed by atoms with Crippen molar-refractivity contribution in [1.82, 2.24) is 0 Å². The summed E-state index contributed by atoms with van der Waals surface area (Å²) in [4.78, 5) is 21.0. The Kier molecular flexibility index (Phi) is 5.82. The molecule has 0 aromatic carbocycles. The number of carbonyl (C=O) groups excluding carboxylic acids is 1. The van der Waals surface area contributed by atoms with Gasteiger partial charge in [-0.05, 0) is 13.3 Å². The summed E-state index contributed by atoms with van der Waals surface area (Å²) >= 11 is 0. The van der Waals surface area contributed by atoms with Gasteiger partial charge < -0.3 is 20.7 Å². The first-order valence-electron chi connectivity index (χ1n) is 4.25. The number of hydrogen-bond donors (Lipinski definition) is 3. The van der Waals surface area contributed by atoms with E-state index < -0.39 is 24.5 Å². The molecule has 0 amide bonds. The molecule has 82 valence electrons. The number of esters is 1. The highest BCUT2D eigenvalue weighted by Gasteiger charge is 2.19. The van der Waals surface area contributed by atoms with Crippen LogP contribution in [0.25, 0.3) is 0 Å². The van der Waals surface area contributed by atoms with Crippen LogP contribution < -0.4 is 5.73 Å². The van der Waals surface area contributed by atoms with Gasteiger partial charge in [0, 0.05) is 6.04 Å². The molecule has 0 fully saturated rings. The van der Waals surface area contributed by atoms with Crippen molar-refractivity contribution in [1.29, 1.82) is 0 Å². The summed E-state index contributed by atoms with van der Waals surface area (Å²) in [5.41, 5.74) is 5.39. The van der Waals surface area contributed by atoms with Gasteiger partial charge in [-0.25, -0.2) is 4.79 Å². The SMILES string of the molecule is C[C@H](N)CCOC(=O)C(O)CC(=O)O. The molecule has 4 N–H and O–H groups in total. The Labute approximate surface area is 81.7 Å². The van der Waals surface area contributed by atoms with E-state index in [1.165, 1.54) is 0 Å². The van der Waals surface area contributed by atoms with Crippen LogP contribution in [-0.4, -0.2) is 40.9 Å². The number of ether oxygens (including phenoxy) is 1. The van der Waals surface area contributed by atoms with E-state index in [1.54, 1.807) is 6.92 Å². The number of nitrogens with two attached hydrogens (primary N) is 1. The van der Waals surface area contributed by atoms with E-state index in [1.807, 2.05) is 0 Å². The molecule has 6 nitrogen and oxygen atoms in total. The lowest BCUT2D eigenvalue weighted by molar-refractivity contribution is -0.158. The minimum atomic E-state index is -1.60. The number of aliphatic hydroxyl groups is 1. The highest BCUT2D eigenvalue weighted by molar-refractivity contribution is 5.80. The minimum Gasteiger partial charge on any atom is -0.481 e. The molecule has 0 spiro atoms. The lowest BCUT2D eigenvalue weighted by Crippen LogP contribution is -2.27. The molecule has 0 radical (unpaired) electrons. The van der Waals surface area contributed by atoms with Crippen molar-refractivity contribution in [3.63, 3.8) is 0 Å². The summed E-state index contributed by atoms with van der Waals surface area (Å²) in [6.45, 7) is 1.84. The molecule has 0 heterocycles. The molecule has 2 atom stereocenters. The predicted octanol–water partition coefficient (Wildman–Crippen LogP) is -0.897. The normalized spacial score (nSPS) is 14.5. The molecule has 1 unspecified atom stereocenters. The number of carboxylic acid groups (broad SMARTS) is 1. The van der Waals surface area contributed by atoms with Crippen molar-refractivity contribution in [3.05, 3.63) is 0 Å². The maximum absolute atomic E-state index is 10.9. The van der Waals surface area contributed by atoms with E-state index in [0.717, 1.165) is 0 Å². The fourth-order valence-electron chi connectivity index (χ4n) is 0.690. The van der Waals surface area contributed by atoms with E-state index in [9.17, 15) is 9.59 Å². The monoisotopic (exact) mass is 205 g/mol. The molecule has 0 aliphatic heterocycles. The van der Waals surface area contributed by atoms with E-state index in [0.29, 0.717) is 6.42 Å². The highest BCUT2D eigenvalue weighted by Crippen LogP contribution is 1.97. The highest BCUT2D eigenvalue weighted by atomic mass is 16.5. The van der Waals surface area contributed by atoms with Gasteiger partial charge in [0.15, 0.2) is 6.10 Å². The molecular weight excluding hydrogens is 190 g/mol. The number of aliphatic hydroxyl groups excluding tert-OH is 1. The van der Waals surface area contributed by atoms with Crippen molar-refractivity contribution < 1.29 is 24.5 Å². The third-order valence-corrected chi connectivity index (χ3v) is 1.46. The van der Waals surface area contributed by atoms with Crippen molar-refractivity contribution in [2.45, 2.75) is 31.9 Å². The van der Waals surface area contributed by atoms with Gasteiger partial charge >= 0.3 is 11.9 Å². The van der Waals surface area contributed by atoms with E-state index in [-0.39, 0.29) is 12.6 Å². The molecule has 0 saturated heterocycles. The van der Waals surface area contributed by atoms with Crippen molar-refractivity contribution in [2.24, 2.45) is 5.73 Å². The van der Waals surface area contributed by atoms with Crippen LogP contribution in [0.2, 0.25) is 0 Å². The Morgan fingerprint density at radius 2 is 2.07 bits per heavy atom. The van der Waals surface area contributed by atoms with Gasteiger partial charge in [-0.15, -0.1) is 0 Å². The second-order valence-electron chi connectivity index (χ2n) is 3.05. The minimum absolute atomic E-state index is 0.0905. The molecule has 0 saturated carbocycles. The number of aliphatic carboxylic acids is 1. The predicted molar refractivity (Wildman–Crippen MR) is 47.5 cm³/mol. The van der Waals surface area contributed by atoms with Crippen molar-refractivity contribution in [3.8, 4) is 0 Å². The fourth-order valence-corrected chi connectivity index (χ4v) is 0.690. The van der Waals surface area contributed by atoms with Crippen molar-refractivity contribution >= 4 is 11.9 Å². The average Bonchev–Trinajstić information content (AvgIpc) is 2.01. The maximum atomic E-state index is 10.9. The zero-order chi connectivity index (χ0) is 11.1. The zero-order valence-electron chi connectivity index (χ0n) is 7.97. The molecule has 14 heavy (non-hydrogen) atoms. The lowest BCUT2D eigenvalue weighted by atomic mass is 10.2. The van der Waals surface area contributed by atoms with Crippen LogP contribution in [0.15, 0.2) is 0 Å². The molecule has 0 aromatic rings. The van der Waals surface area contributed by atoms with E-state index >= 15 is 0 Å². The quantitative estimate of drug-likeness (QED) is 0.485. The first kappa shape index (κ1) is 12.9. The summed E-state index contributed by atoms with van der Waals surface area (Å²) in [6.07, 6.45) is -1.76. The first-order chi connectivity index (χ1) is 6.43. The third-order valence-electron chi connectivity index (χ3n) is 1.46. The van der Waals surface area contributed by atoms with Gasteiger partial charge in [0.05, 0.1) is 13.0 Å². The lowest BCUT2D eigenvalue weighted by Gasteiger charge is -2.09. The molecule has 0 bridgehead atoms. The fraction of sp³-hybridized carbons (Fsp3) is 0.750. The molecule has 0 aliphatic carbocycles. The Hall–Kier alpha value is -1.14. The summed E-state index contributed by atoms with van der Waals surface area (Å²) in [7, 11) is 0. The topological polar surface area (TPSA) is 110 Å². The third kappa shape index (κ3) is 6.38. The first-order valence-corrected chi connectivity index (χ1v) is 4.25. The number of carbonyl (C=O) groups is 2. The Balaban J connectivity index is 3.67. The van der Waals surface area contributed by atoms with Crippen LogP contribution in [0.3, 0.4) is 0 Å². The summed E-state index contributed by atoms with van der Waals surface area (Å²) in [5, 5.41) is 17.2. The Morgan fingerprint density at radius 1 is 1.50 bits per heavy atom. The molecular formula is C8H15NO5. The van der Waals surface area contributed by atoms with Crippen LogP contribution in [0.1, 0.15) is 19.8 Å². The van der Waals surface area contributed by atoms with Gasteiger partial charge in [-0.3, -0.25) is 4.79 Å². The van der Waals surface area contributed by atoms with Gasteiger partial charge in [0.25, 0.3) is 0 Å². The van der Waals surface area contributed by atoms with Crippen LogP contribution in [0.4, 0.5) is 0 Å². The number of carboxylic acids is 1. The zero-order valence-corrected chi connectivity index (χ0v) is 7.97. The summed E-state index contributed by atoms with van der Waals surface area (Å²) in [5.74, 6) is -2.17. The largest absolute Gasteiger partial charge is 0.481 e. The summed E-state index contributed by atoms with van der Waals surface area (Å²) in [6, 6.07) is -0.0978. The Bertz CT molecular complexity index is 204. The number of rotatable bonds is 6. The van der Waals surface area contributed by atoms with Crippen molar-refractivity contribution in [2.75, 3.05) is 6.61 Å². The van der Waals surface area contributed by atoms with Gasteiger partial charge in [-0.2, -0.15) is 0 Å².